The Bertz CT molecular complexity index is 585. The number of nitrogens with zero attached hydrogens (tertiary/aromatic N) is 1. The summed E-state index contributed by atoms with van der Waals surface area (Å²) >= 11 is 0. The number of nitro benzene ring substituents is 1. The van der Waals surface area contributed by atoms with Crippen molar-refractivity contribution < 1.29 is 9.72 Å². The summed E-state index contributed by atoms with van der Waals surface area (Å²) < 4.78 is 0. The van der Waals surface area contributed by atoms with Gasteiger partial charge >= 0.3 is 0 Å². The van der Waals surface area contributed by atoms with Crippen molar-refractivity contribution in [1.82, 2.24) is 5.32 Å². The van der Waals surface area contributed by atoms with E-state index in [1.165, 1.54) is 6.07 Å². The van der Waals surface area contributed by atoms with Crippen LogP contribution < -0.4 is 16.4 Å². The summed E-state index contributed by atoms with van der Waals surface area (Å²) in [5, 5.41) is 17.2. The Morgan fingerprint density at radius 1 is 1.43 bits per heavy atom. The average molecular weight is 320 g/mol. The Kier molecular flexibility index (Phi) is 5.54. The smallest absolute Gasteiger partial charge is 0.293 e. The molecule has 2 rings (SSSR count). The van der Waals surface area contributed by atoms with Crippen LogP contribution in [0.3, 0.4) is 0 Å². The minimum absolute atomic E-state index is 0.0716. The molecule has 1 atom stereocenters. The fraction of sp³-hybridized carbons (Fsp3) is 0.562. The predicted octanol–water partition coefficient (Wildman–Crippen LogP) is 2.27. The number of rotatable bonds is 8. The molecule has 23 heavy (non-hydrogen) atoms. The fourth-order valence-corrected chi connectivity index (χ4v) is 2.45. The lowest BCUT2D eigenvalue weighted by atomic mass is 10.0. The van der Waals surface area contributed by atoms with E-state index < -0.39 is 4.92 Å². The summed E-state index contributed by atoms with van der Waals surface area (Å²) in [6.45, 7) is 4.45. The van der Waals surface area contributed by atoms with Crippen LogP contribution in [0.2, 0.25) is 0 Å². The molecule has 7 nitrogen and oxygen atoms in total. The topological polar surface area (TPSA) is 110 Å². The molecule has 4 N–H and O–H groups in total. The van der Waals surface area contributed by atoms with Gasteiger partial charge in [0.05, 0.1) is 4.92 Å². The van der Waals surface area contributed by atoms with Gasteiger partial charge in [-0.05, 0) is 37.3 Å². The second kappa shape index (κ2) is 7.41. The molecule has 1 saturated carbocycles. The van der Waals surface area contributed by atoms with Gasteiger partial charge in [0.15, 0.2) is 0 Å². The monoisotopic (exact) mass is 320 g/mol. The average Bonchev–Trinajstić information content (AvgIpc) is 3.30. The lowest BCUT2D eigenvalue weighted by Crippen LogP contribution is -2.41. The Morgan fingerprint density at radius 2 is 2.13 bits per heavy atom. The molecule has 1 amide bonds. The highest BCUT2D eigenvalue weighted by atomic mass is 16.6. The molecular formula is C16H24N4O3. The first-order valence-electron chi connectivity index (χ1n) is 7.96. The van der Waals surface area contributed by atoms with Crippen molar-refractivity contribution in [2.45, 2.75) is 45.2 Å². The van der Waals surface area contributed by atoms with Crippen LogP contribution >= 0.6 is 0 Å². The lowest BCUT2D eigenvalue weighted by Gasteiger charge is -2.19. The maximum absolute atomic E-state index is 12.3. The fourth-order valence-electron chi connectivity index (χ4n) is 2.45. The third-order valence-corrected chi connectivity index (χ3v) is 3.77. The van der Waals surface area contributed by atoms with Crippen LogP contribution in [-0.4, -0.2) is 29.5 Å². The Balaban J connectivity index is 2.13. The number of nitro groups is 1. The third kappa shape index (κ3) is 4.92. The number of nitrogens with two attached hydrogens (primary N) is 1. The van der Waals surface area contributed by atoms with Crippen LogP contribution in [-0.2, 0) is 0 Å². The van der Waals surface area contributed by atoms with Gasteiger partial charge in [-0.1, -0.05) is 13.8 Å². The lowest BCUT2D eigenvalue weighted by molar-refractivity contribution is -0.384. The molecule has 0 saturated heterocycles. The van der Waals surface area contributed by atoms with Gasteiger partial charge < -0.3 is 16.4 Å². The van der Waals surface area contributed by atoms with E-state index in [1.807, 2.05) is 0 Å². The molecule has 0 aliphatic heterocycles. The van der Waals surface area contributed by atoms with Gasteiger partial charge in [-0.25, -0.2) is 0 Å². The van der Waals surface area contributed by atoms with Crippen molar-refractivity contribution in [3.05, 3.63) is 33.9 Å². The minimum Gasteiger partial charge on any atom is -0.377 e. The van der Waals surface area contributed by atoms with Crippen molar-refractivity contribution in [2.75, 3.05) is 11.9 Å². The van der Waals surface area contributed by atoms with Crippen LogP contribution in [0.5, 0.6) is 0 Å². The van der Waals surface area contributed by atoms with Crippen molar-refractivity contribution in [3.63, 3.8) is 0 Å². The summed E-state index contributed by atoms with van der Waals surface area (Å²) in [5.41, 5.74) is 6.35. The van der Waals surface area contributed by atoms with Crippen molar-refractivity contribution in [1.29, 1.82) is 0 Å². The quantitative estimate of drug-likeness (QED) is 0.503. The maximum atomic E-state index is 12.3. The molecule has 0 heterocycles. The second-order valence-electron chi connectivity index (χ2n) is 6.44. The first-order chi connectivity index (χ1) is 10.9. The highest BCUT2D eigenvalue weighted by Gasteiger charge is 2.26. The van der Waals surface area contributed by atoms with Gasteiger partial charge in [0.1, 0.15) is 5.69 Å². The molecular weight excluding hydrogens is 296 g/mol. The van der Waals surface area contributed by atoms with Crippen LogP contribution in [0, 0.1) is 16.0 Å². The van der Waals surface area contributed by atoms with Crippen LogP contribution in [0.4, 0.5) is 11.4 Å². The number of carbonyl (C=O) groups excluding carboxylic acids is 1. The van der Waals surface area contributed by atoms with Gasteiger partial charge in [0, 0.05) is 30.3 Å². The van der Waals surface area contributed by atoms with E-state index in [9.17, 15) is 14.9 Å². The van der Waals surface area contributed by atoms with E-state index in [0.717, 1.165) is 19.3 Å². The molecule has 1 fully saturated rings. The Labute approximate surface area is 135 Å². The SMILES string of the molecule is CC(C)CC(CN)NC(=O)c1ccc(NC2CC2)c([N+](=O)[O-])c1. The number of hydrogen-bond donors (Lipinski definition) is 3. The number of hydrogen-bond acceptors (Lipinski definition) is 5. The number of carbonyl (C=O) groups is 1. The van der Waals surface area contributed by atoms with Crippen LogP contribution in [0.25, 0.3) is 0 Å². The minimum atomic E-state index is -0.462. The van der Waals surface area contributed by atoms with E-state index in [-0.39, 0.29) is 23.2 Å². The molecule has 1 aliphatic rings. The van der Waals surface area contributed by atoms with Gasteiger partial charge in [0.25, 0.3) is 11.6 Å². The molecule has 0 radical (unpaired) electrons. The number of anilines is 1. The zero-order valence-corrected chi connectivity index (χ0v) is 13.5. The van der Waals surface area contributed by atoms with E-state index >= 15 is 0 Å². The zero-order valence-electron chi connectivity index (χ0n) is 13.5. The highest BCUT2D eigenvalue weighted by molar-refractivity contribution is 5.96. The molecule has 0 spiro atoms. The first kappa shape index (κ1) is 17.2. The molecule has 1 aromatic carbocycles. The standard InChI is InChI=1S/C16H24N4O3/c1-10(2)7-13(9-17)19-16(21)11-3-6-14(18-12-4-5-12)15(8-11)20(22)23/h3,6,8,10,12-13,18H,4-5,7,9,17H2,1-2H3,(H,19,21). The number of benzene rings is 1. The number of amides is 1. The zero-order chi connectivity index (χ0) is 17.0. The Hall–Kier alpha value is -2.15. The highest BCUT2D eigenvalue weighted by Crippen LogP contribution is 2.31. The molecule has 7 heteroatoms. The summed E-state index contributed by atoms with van der Waals surface area (Å²) in [5.74, 6) is 0.0745. The van der Waals surface area contributed by atoms with E-state index in [4.69, 9.17) is 5.73 Å². The van der Waals surface area contributed by atoms with Crippen molar-refractivity contribution >= 4 is 17.3 Å². The Morgan fingerprint density at radius 3 is 2.65 bits per heavy atom. The van der Waals surface area contributed by atoms with Gasteiger partial charge in [-0.2, -0.15) is 0 Å². The third-order valence-electron chi connectivity index (χ3n) is 3.77. The predicted molar refractivity (Wildman–Crippen MR) is 89.5 cm³/mol. The van der Waals surface area contributed by atoms with Gasteiger partial charge in [-0.15, -0.1) is 0 Å². The molecule has 0 aromatic heterocycles. The molecule has 1 unspecified atom stereocenters. The summed E-state index contributed by atoms with van der Waals surface area (Å²) in [6, 6.07) is 4.71. The van der Waals surface area contributed by atoms with Crippen molar-refractivity contribution in [2.24, 2.45) is 11.7 Å². The number of nitrogens with one attached hydrogen (secondary N) is 2. The summed E-state index contributed by atoms with van der Waals surface area (Å²) in [6.07, 6.45) is 2.81. The maximum Gasteiger partial charge on any atom is 0.293 e. The van der Waals surface area contributed by atoms with E-state index in [2.05, 4.69) is 24.5 Å². The van der Waals surface area contributed by atoms with Crippen LogP contribution in [0.15, 0.2) is 18.2 Å². The van der Waals surface area contributed by atoms with Gasteiger partial charge in [-0.3, -0.25) is 14.9 Å². The van der Waals surface area contributed by atoms with E-state index in [1.54, 1.807) is 12.1 Å². The summed E-state index contributed by atoms with van der Waals surface area (Å²) in [4.78, 5) is 23.1. The molecule has 1 aromatic rings. The molecule has 126 valence electrons. The largest absolute Gasteiger partial charge is 0.377 e. The molecule has 0 bridgehead atoms. The van der Waals surface area contributed by atoms with Crippen LogP contribution in [0.1, 0.15) is 43.5 Å². The first-order valence-corrected chi connectivity index (χ1v) is 7.96. The van der Waals surface area contributed by atoms with Gasteiger partial charge in [0.2, 0.25) is 0 Å². The van der Waals surface area contributed by atoms with E-state index in [0.29, 0.717) is 24.2 Å². The molecule has 1 aliphatic carbocycles. The summed E-state index contributed by atoms with van der Waals surface area (Å²) in [7, 11) is 0. The van der Waals surface area contributed by atoms with Crippen molar-refractivity contribution in [3.8, 4) is 0 Å². The normalized spacial score (nSPS) is 15.3. The second-order valence-corrected chi connectivity index (χ2v) is 6.44.